The molecule has 10 aromatic rings. The van der Waals surface area contributed by atoms with Crippen LogP contribution in [-0.4, -0.2) is 9.97 Å². The van der Waals surface area contributed by atoms with E-state index < -0.39 is 0 Å². The predicted octanol–water partition coefficient (Wildman–Crippen LogP) is 13.0. The normalized spacial score (nSPS) is 11.5. The third kappa shape index (κ3) is 5.15. The average Bonchev–Trinajstić information content (AvgIpc) is 3.59. The van der Waals surface area contributed by atoms with E-state index in [0.29, 0.717) is 5.82 Å². The Hall–Kier alpha value is -6.84. The first-order valence-corrected chi connectivity index (χ1v) is 17.2. The Bertz CT molecular complexity index is 2830. The lowest BCUT2D eigenvalue weighted by Gasteiger charge is -2.10. The van der Waals surface area contributed by atoms with Crippen LogP contribution < -0.4 is 0 Å². The van der Waals surface area contributed by atoms with Crippen LogP contribution in [0.15, 0.2) is 186 Å². The number of aromatic nitrogens is 2. The fourth-order valence-electron chi connectivity index (χ4n) is 7.31. The quantitative estimate of drug-likeness (QED) is 0.174. The molecular weight excluding hydrogens is 621 g/mol. The van der Waals surface area contributed by atoms with E-state index in [1.165, 1.54) is 32.7 Å². The molecule has 0 atom stereocenters. The van der Waals surface area contributed by atoms with Gasteiger partial charge in [-0.05, 0) is 74.1 Å². The molecule has 3 heteroatoms. The lowest BCUT2D eigenvalue weighted by molar-refractivity contribution is 0.669. The van der Waals surface area contributed by atoms with E-state index in [1.807, 2.05) is 48.5 Å². The Kier molecular flexibility index (Phi) is 6.81. The summed E-state index contributed by atoms with van der Waals surface area (Å²) in [6, 6.07) is 63.9. The second-order valence-electron chi connectivity index (χ2n) is 13.0. The standard InChI is InChI=1S/C48H30N2O/c1-3-11-35(12-4-1)43-30-44(50-48(49-43)36-13-5-2-6-14-36)40-16-9-17-46-47(40)42-29-38(26-27-45(42)51-46)32-20-18-31(19-21-32)37-25-24-34-23-22-33-10-7-8-15-39(33)41(34)28-37/h1-30H. The van der Waals surface area contributed by atoms with Gasteiger partial charge in [0.05, 0.1) is 11.4 Å². The summed E-state index contributed by atoms with van der Waals surface area (Å²) in [5, 5.41) is 7.18. The molecule has 0 spiro atoms. The lowest BCUT2D eigenvalue weighted by Crippen LogP contribution is -1.96. The van der Waals surface area contributed by atoms with Gasteiger partial charge >= 0.3 is 0 Å². The summed E-state index contributed by atoms with van der Waals surface area (Å²) in [6.45, 7) is 0. The Morgan fingerprint density at radius 1 is 0.333 bits per heavy atom. The number of rotatable bonds is 5. The van der Waals surface area contributed by atoms with Crippen molar-refractivity contribution in [3.05, 3.63) is 182 Å². The molecule has 2 aromatic heterocycles. The van der Waals surface area contributed by atoms with Crippen LogP contribution in [0, 0.1) is 0 Å². The minimum absolute atomic E-state index is 0.692. The molecule has 0 N–H and O–H groups in total. The molecule has 8 aromatic carbocycles. The molecule has 0 aliphatic rings. The molecule has 0 amide bonds. The smallest absolute Gasteiger partial charge is 0.160 e. The van der Waals surface area contributed by atoms with E-state index in [1.54, 1.807) is 0 Å². The van der Waals surface area contributed by atoms with Gasteiger partial charge in [0.1, 0.15) is 11.2 Å². The first kappa shape index (κ1) is 29.1. The van der Waals surface area contributed by atoms with Crippen molar-refractivity contribution in [2.75, 3.05) is 0 Å². The summed E-state index contributed by atoms with van der Waals surface area (Å²) in [6.07, 6.45) is 0. The highest BCUT2D eigenvalue weighted by Crippen LogP contribution is 2.40. The van der Waals surface area contributed by atoms with Crippen LogP contribution in [0.25, 0.3) is 99.6 Å². The summed E-state index contributed by atoms with van der Waals surface area (Å²) in [5.41, 5.74) is 11.1. The van der Waals surface area contributed by atoms with E-state index in [2.05, 4.69) is 133 Å². The van der Waals surface area contributed by atoms with Crippen molar-refractivity contribution in [3.63, 3.8) is 0 Å². The van der Waals surface area contributed by atoms with E-state index in [4.69, 9.17) is 14.4 Å². The Labute approximate surface area is 295 Å². The van der Waals surface area contributed by atoms with Gasteiger partial charge in [0.15, 0.2) is 5.82 Å². The van der Waals surface area contributed by atoms with Crippen LogP contribution in [0.1, 0.15) is 0 Å². The van der Waals surface area contributed by atoms with Crippen molar-refractivity contribution < 1.29 is 4.42 Å². The highest BCUT2D eigenvalue weighted by Gasteiger charge is 2.17. The first-order chi connectivity index (χ1) is 25.2. The maximum atomic E-state index is 6.43. The largest absolute Gasteiger partial charge is 0.456 e. The SMILES string of the molecule is c1ccc(-c2cc(-c3cccc4oc5ccc(-c6ccc(-c7ccc8ccc9ccccc9c8c7)cc6)cc5c34)nc(-c3ccccc3)n2)cc1. The fraction of sp³-hybridized carbons (Fsp3) is 0. The molecule has 0 fully saturated rings. The second kappa shape index (κ2) is 11.9. The number of hydrogen-bond acceptors (Lipinski definition) is 3. The van der Waals surface area contributed by atoms with Crippen molar-refractivity contribution in [1.29, 1.82) is 0 Å². The number of nitrogens with zero attached hydrogens (tertiary/aromatic N) is 2. The summed E-state index contributed by atoms with van der Waals surface area (Å²) < 4.78 is 6.43. The highest BCUT2D eigenvalue weighted by atomic mass is 16.3. The summed E-state index contributed by atoms with van der Waals surface area (Å²) in [7, 11) is 0. The van der Waals surface area contributed by atoms with Gasteiger partial charge in [0, 0.05) is 27.5 Å². The molecule has 10 rings (SSSR count). The molecule has 0 bridgehead atoms. The minimum Gasteiger partial charge on any atom is -0.456 e. The maximum Gasteiger partial charge on any atom is 0.160 e. The molecule has 0 saturated heterocycles. The van der Waals surface area contributed by atoms with E-state index in [-0.39, 0.29) is 0 Å². The van der Waals surface area contributed by atoms with Crippen LogP contribution in [-0.2, 0) is 0 Å². The van der Waals surface area contributed by atoms with Gasteiger partial charge in [-0.15, -0.1) is 0 Å². The minimum atomic E-state index is 0.692. The average molecular weight is 651 g/mol. The van der Waals surface area contributed by atoms with Crippen LogP contribution in [0.3, 0.4) is 0 Å². The number of furan rings is 1. The van der Waals surface area contributed by atoms with Crippen molar-refractivity contribution >= 4 is 43.5 Å². The monoisotopic (exact) mass is 650 g/mol. The van der Waals surface area contributed by atoms with E-state index >= 15 is 0 Å². The molecular formula is C48H30N2O. The zero-order valence-electron chi connectivity index (χ0n) is 27.6. The third-order valence-electron chi connectivity index (χ3n) is 9.90. The number of fused-ring (bicyclic) bond motifs is 6. The molecule has 0 aliphatic carbocycles. The van der Waals surface area contributed by atoms with Crippen LogP contribution in [0.5, 0.6) is 0 Å². The fourth-order valence-corrected chi connectivity index (χ4v) is 7.31. The summed E-state index contributed by atoms with van der Waals surface area (Å²) in [4.78, 5) is 10.1. The zero-order chi connectivity index (χ0) is 33.7. The van der Waals surface area contributed by atoms with Crippen molar-refractivity contribution in [1.82, 2.24) is 9.97 Å². The van der Waals surface area contributed by atoms with Gasteiger partial charge in [0.25, 0.3) is 0 Å². The molecule has 0 radical (unpaired) electrons. The Morgan fingerprint density at radius 3 is 1.69 bits per heavy atom. The molecule has 3 nitrogen and oxygen atoms in total. The molecule has 0 aliphatic heterocycles. The van der Waals surface area contributed by atoms with Gasteiger partial charge in [-0.25, -0.2) is 9.97 Å². The third-order valence-corrected chi connectivity index (χ3v) is 9.90. The predicted molar refractivity (Wildman–Crippen MR) is 212 cm³/mol. The molecule has 0 unspecified atom stereocenters. The van der Waals surface area contributed by atoms with E-state index in [9.17, 15) is 0 Å². The topological polar surface area (TPSA) is 38.9 Å². The summed E-state index contributed by atoms with van der Waals surface area (Å²) in [5.74, 6) is 0.692. The van der Waals surface area contributed by atoms with Crippen LogP contribution >= 0.6 is 0 Å². The number of benzene rings is 8. The van der Waals surface area contributed by atoms with Crippen molar-refractivity contribution in [3.8, 4) is 56.2 Å². The van der Waals surface area contributed by atoms with E-state index in [0.717, 1.165) is 61.1 Å². The van der Waals surface area contributed by atoms with Crippen molar-refractivity contribution in [2.45, 2.75) is 0 Å². The second-order valence-corrected chi connectivity index (χ2v) is 13.0. The van der Waals surface area contributed by atoms with Gasteiger partial charge in [-0.1, -0.05) is 152 Å². The van der Waals surface area contributed by atoms with Crippen LogP contribution in [0.4, 0.5) is 0 Å². The molecule has 2 heterocycles. The van der Waals surface area contributed by atoms with Gasteiger partial charge in [-0.3, -0.25) is 0 Å². The van der Waals surface area contributed by atoms with Crippen LogP contribution in [0.2, 0.25) is 0 Å². The lowest BCUT2D eigenvalue weighted by atomic mass is 9.95. The van der Waals surface area contributed by atoms with Crippen molar-refractivity contribution in [2.24, 2.45) is 0 Å². The van der Waals surface area contributed by atoms with Gasteiger partial charge in [0.2, 0.25) is 0 Å². The highest BCUT2D eigenvalue weighted by molar-refractivity contribution is 6.13. The number of hydrogen-bond donors (Lipinski definition) is 0. The van der Waals surface area contributed by atoms with Gasteiger partial charge in [-0.2, -0.15) is 0 Å². The first-order valence-electron chi connectivity index (χ1n) is 17.2. The summed E-state index contributed by atoms with van der Waals surface area (Å²) >= 11 is 0. The molecule has 0 saturated carbocycles. The van der Waals surface area contributed by atoms with Gasteiger partial charge < -0.3 is 4.42 Å². The maximum absolute atomic E-state index is 6.43. The Balaban J connectivity index is 1.07. The molecule has 51 heavy (non-hydrogen) atoms. The Morgan fingerprint density at radius 2 is 0.922 bits per heavy atom. The zero-order valence-corrected chi connectivity index (χ0v) is 27.6. The molecule has 238 valence electrons.